The molecule has 24 heavy (non-hydrogen) atoms. The SMILES string of the molecule is O=C1Nc2c(Cl)cc(Cl)cc2/C1=N/N=C/c1ccc(O)c(O)c1O. The van der Waals surface area contributed by atoms with Gasteiger partial charge in [0.25, 0.3) is 5.91 Å². The fourth-order valence-corrected chi connectivity index (χ4v) is 2.66. The van der Waals surface area contributed by atoms with Gasteiger partial charge in [0.2, 0.25) is 5.75 Å². The Labute approximate surface area is 145 Å². The van der Waals surface area contributed by atoms with Crippen LogP contribution in [0.3, 0.4) is 0 Å². The van der Waals surface area contributed by atoms with Crippen LogP contribution in [0, 0.1) is 0 Å². The van der Waals surface area contributed by atoms with Gasteiger partial charge in [0.05, 0.1) is 16.9 Å². The number of phenols is 3. The van der Waals surface area contributed by atoms with Crippen LogP contribution in [0.25, 0.3) is 0 Å². The van der Waals surface area contributed by atoms with E-state index < -0.39 is 23.2 Å². The number of carbonyl (C=O) groups is 1. The molecule has 4 N–H and O–H groups in total. The summed E-state index contributed by atoms with van der Waals surface area (Å²) < 4.78 is 0. The minimum absolute atomic E-state index is 0.00754. The lowest BCUT2D eigenvalue weighted by molar-refractivity contribution is -0.110. The number of phenolic OH excluding ortho intramolecular Hbond substituents is 3. The van der Waals surface area contributed by atoms with Crippen LogP contribution in [0.2, 0.25) is 10.0 Å². The number of halogens is 2. The second kappa shape index (κ2) is 6.03. The molecule has 7 nitrogen and oxygen atoms in total. The molecule has 0 saturated heterocycles. The summed E-state index contributed by atoms with van der Waals surface area (Å²) in [5, 5.41) is 39.1. The Bertz CT molecular complexity index is 925. The van der Waals surface area contributed by atoms with E-state index in [1.165, 1.54) is 24.3 Å². The van der Waals surface area contributed by atoms with E-state index in [4.69, 9.17) is 23.2 Å². The number of amides is 1. The van der Waals surface area contributed by atoms with Crippen molar-refractivity contribution in [2.24, 2.45) is 10.2 Å². The van der Waals surface area contributed by atoms with Crippen LogP contribution in [0.5, 0.6) is 17.2 Å². The molecule has 1 aliphatic rings. The van der Waals surface area contributed by atoms with Gasteiger partial charge in [-0.25, -0.2) is 0 Å². The molecule has 0 atom stereocenters. The molecule has 0 fully saturated rings. The maximum absolute atomic E-state index is 12.0. The molecule has 1 amide bonds. The third kappa shape index (κ3) is 2.75. The third-order valence-electron chi connectivity index (χ3n) is 3.28. The predicted octanol–water partition coefficient (Wildman–Crippen LogP) is 2.89. The molecule has 2 aromatic carbocycles. The predicted molar refractivity (Wildman–Crippen MR) is 90.7 cm³/mol. The summed E-state index contributed by atoms with van der Waals surface area (Å²) in [5.41, 5.74) is 0.920. The first-order valence-electron chi connectivity index (χ1n) is 6.54. The molecule has 0 bridgehead atoms. The Morgan fingerprint density at radius 1 is 1.08 bits per heavy atom. The number of benzene rings is 2. The molecule has 1 heterocycles. The molecule has 0 unspecified atom stereocenters. The van der Waals surface area contributed by atoms with Crippen LogP contribution in [0.15, 0.2) is 34.5 Å². The van der Waals surface area contributed by atoms with Gasteiger partial charge in [0, 0.05) is 16.1 Å². The van der Waals surface area contributed by atoms with E-state index in [0.29, 0.717) is 16.3 Å². The first kappa shape index (κ1) is 16.1. The molecule has 0 radical (unpaired) electrons. The number of fused-ring (bicyclic) bond motifs is 1. The number of nitrogens with one attached hydrogen (secondary N) is 1. The van der Waals surface area contributed by atoms with E-state index >= 15 is 0 Å². The highest BCUT2D eigenvalue weighted by Crippen LogP contribution is 2.36. The summed E-state index contributed by atoms with van der Waals surface area (Å²) in [4.78, 5) is 12.0. The number of rotatable bonds is 2. The Morgan fingerprint density at radius 2 is 1.83 bits per heavy atom. The number of anilines is 1. The lowest BCUT2D eigenvalue weighted by Crippen LogP contribution is -2.13. The van der Waals surface area contributed by atoms with Crippen molar-refractivity contribution >= 4 is 46.7 Å². The highest BCUT2D eigenvalue weighted by molar-refractivity contribution is 6.56. The third-order valence-corrected chi connectivity index (χ3v) is 3.80. The highest BCUT2D eigenvalue weighted by atomic mass is 35.5. The normalized spacial score (nSPS) is 15.1. The average molecular weight is 366 g/mol. The number of aromatic hydroxyl groups is 3. The second-order valence-corrected chi connectivity index (χ2v) is 5.67. The zero-order valence-corrected chi connectivity index (χ0v) is 13.3. The smallest absolute Gasteiger partial charge is 0.276 e. The quantitative estimate of drug-likeness (QED) is 0.372. The van der Waals surface area contributed by atoms with E-state index in [2.05, 4.69) is 15.5 Å². The van der Waals surface area contributed by atoms with Crippen LogP contribution in [-0.2, 0) is 4.79 Å². The minimum atomic E-state index is -0.672. The van der Waals surface area contributed by atoms with Crippen molar-refractivity contribution in [1.29, 1.82) is 0 Å². The van der Waals surface area contributed by atoms with Gasteiger partial charge in [-0.15, -0.1) is 5.10 Å². The Kier molecular flexibility index (Phi) is 4.04. The van der Waals surface area contributed by atoms with Crippen molar-refractivity contribution < 1.29 is 20.1 Å². The molecule has 0 aliphatic carbocycles. The average Bonchev–Trinajstić information content (AvgIpc) is 2.84. The van der Waals surface area contributed by atoms with Crippen molar-refractivity contribution in [2.45, 2.75) is 0 Å². The molecule has 1 aliphatic heterocycles. The Hall–Kier alpha value is -2.77. The zero-order valence-electron chi connectivity index (χ0n) is 11.8. The van der Waals surface area contributed by atoms with E-state index in [9.17, 15) is 20.1 Å². The summed E-state index contributed by atoms with van der Waals surface area (Å²) >= 11 is 11.9. The van der Waals surface area contributed by atoms with Crippen molar-refractivity contribution in [3.63, 3.8) is 0 Å². The van der Waals surface area contributed by atoms with Crippen molar-refractivity contribution in [3.8, 4) is 17.2 Å². The van der Waals surface area contributed by atoms with Crippen molar-refractivity contribution in [2.75, 3.05) is 5.32 Å². The van der Waals surface area contributed by atoms with Gasteiger partial charge >= 0.3 is 0 Å². The number of nitrogens with zero attached hydrogens (tertiary/aromatic N) is 2. The lowest BCUT2D eigenvalue weighted by atomic mass is 10.1. The molecular weight excluding hydrogens is 357 g/mol. The van der Waals surface area contributed by atoms with Gasteiger partial charge in [-0.1, -0.05) is 23.2 Å². The van der Waals surface area contributed by atoms with E-state index in [-0.39, 0.29) is 16.3 Å². The maximum Gasteiger partial charge on any atom is 0.276 e. The van der Waals surface area contributed by atoms with Crippen LogP contribution >= 0.6 is 23.2 Å². The van der Waals surface area contributed by atoms with Gasteiger partial charge < -0.3 is 20.6 Å². The van der Waals surface area contributed by atoms with E-state index in [1.54, 1.807) is 0 Å². The number of carbonyl (C=O) groups excluding carboxylic acids is 1. The number of hydrogen-bond acceptors (Lipinski definition) is 6. The molecule has 0 saturated carbocycles. The van der Waals surface area contributed by atoms with Crippen molar-refractivity contribution in [3.05, 3.63) is 45.4 Å². The molecule has 9 heteroatoms. The van der Waals surface area contributed by atoms with Crippen molar-refractivity contribution in [1.82, 2.24) is 0 Å². The number of hydrogen-bond donors (Lipinski definition) is 4. The second-order valence-electron chi connectivity index (χ2n) is 4.83. The molecule has 2 aromatic rings. The topological polar surface area (TPSA) is 115 Å². The highest BCUT2D eigenvalue weighted by Gasteiger charge is 2.28. The van der Waals surface area contributed by atoms with Crippen LogP contribution < -0.4 is 5.32 Å². The monoisotopic (exact) mass is 365 g/mol. The zero-order chi connectivity index (χ0) is 17.4. The lowest BCUT2D eigenvalue weighted by Gasteiger charge is -2.02. The van der Waals surface area contributed by atoms with Gasteiger partial charge in [0.15, 0.2) is 17.2 Å². The summed E-state index contributed by atoms with van der Waals surface area (Å²) in [5.74, 6) is -2.19. The van der Waals surface area contributed by atoms with Gasteiger partial charge in [-0.2, -0.15) is 5.10 Å². The fraction of sp³-hybridized carbons (Fsp3) is 0. The van der Waals surface area contributed by atoms with Crippen LogP contribution in [0.4, 0.5) is 5.69 Å². The van der Waals surface area contributed by atoms with Gasteiger partial charge in [0.1, 0.15) is 0 Å². The van der Waals surface area contributed by atoms with E-state index in [0.717, 1.165) is 6.21 Å². The van der Waals surface area contributed by atoms with Gasteiger partial charge in [-0.3, -0.25) is 4.79 Å². The molecule has 122 valence electrons. The molecule has 0 aromatic heterocycles. The Morgan fingerprint density at radius 3 is 2.58 bits per heavy atom. The minimum Gasteiger partial charge on any atom is -0.504 e. The van der Waals surface area contributed by atoms with E-state index in [1.807, 2.05) is 0 Å². The summed E-state index contributed by atoms with van der Waals surface area (Å²) in [6.45, 7) is 0. The van der Waals surface area contributed by atoms with Crippen LogP contribution in [-0.4, -0.2) is 33.2 Å². The molecule has 0 spiro atoms. The summed E-state index contributed by atoms with van der Waals surface area (Å²) in [6.07, 6.45) is 1.12. The standard InChI is InChI=1S/C15H9Cl2N3O4/c16-7-3-8-11(9(17)4-7)19-15(24)12(8)20-18-5-6-1-2-10(21)14(23)13(6)22/h1-5,21-23H,(H,19,20,24)/b18-5+. The Balaban J connectivity index is 1.97. The molecule has 3 rings (SSSR count). The first-order valence-corrected chi connectivity index (χ1v) is 7.29. The fourth-order valence-electron chi connectivity index (χ4n) is 2.12. The summed E-state index contributed by atoms with van der Waals surface area (Å²) in [7, 11) is 0. The van der Waals surface area contributed by atoms with Crippen LogP contribution in [0.1, 0.15) is 11.1 Å². The van der Waals surface area contributed by atoms with Gasteiger partial charge in [-0.05, 0) is 24.3 Å². The first-order chi connectivity index (χ1) is 11.4. The maximum atomic E-state index is 12.0. The molecular formula is C15H9Cl2N3O4. The summed E-state index contributed by atoms with van der Waals surface area (Å²) in [6, 6.07) is 5.52. The largest absolute Gasteiger partial charge is 0.504 e.